The second-order valence-electron chi connectivity index (χ2n) is 7.68. The molecule has 172 valence electrons. The molecule has 2 atom stereocenters. The van der Waals surface area contributed by atoms with E-state index in [9.17, 15) is 4.79 Å². The predicted octanol–water partition coefficient (Wildman–Crippen LogP) is 3.96. The Morgan fingerprint density at radius 1 is 0.939 bits per heavy atom. The molecule has 0 aliphatic carbocycles. The van der Waals surface area contributed by atoms with E-state index in [0.717, 1.165) is 11.1 Å². The van der Waals surface area contributed by atoms with E-state index in [4.69, 9.17) is 23.7 Å². The fourth-order valence-corrected chi connectivity index (χ4v) is 4.14. The maximum absolute atomic E-state index is 13.4. The zero-order chi connectivity index (χ0) is 23.3. The molecule has 0 saturated carbocycles. The molecule has 1 unspecified atom stereocenters. The third-order valence-electron chi connectivity index (χ3n) is 5.86. The van der Waals surface area contributed by atoms with Crippen LogP contribution < -0.4 is 0 Å². The molecule has 0 aromatic heterocycles. The molecule has 0 N–H and O–H groups in total. The van der Waals surface area contributed by atoms with Crippen LogP contribution in [0.25, 0.3) is 0 Å². The molecular weight excluding hydrogens is 422 g/mol. The van der Waals surface area contributed by atoms with Gasteiger partial charge in [0.25, 0.3) is 0 Å². The number of allylic oxidation sites excluding steroid dienone is 2. The number of carbonyl (C=O) groups is 1. The Kier molecular flexibility index (Phi) is 6.79. The van der Waals surface area contributed by atoms with E-state index in [0.29, 0.717) is 24.0 Å². The maximum Gasteiger partial charge on any atom is 0.351 e. The van der Waals surface area contributed by atoms with Crippen molar-refractivity contribution in [3.63, 3.8) is 0 Å². The van der Waals surface area contributed by atoms with E-state index >= 15 is 0 Å². The Labute approximate surface area is 193 Å². The van der Waals surface area contributed by atoms with Gasteiger partial charge in [0.15, 0.2) is 11.5 Å². The van der Waals surface area contributed by atoms with Gasteiger partial charge >= 0.3 is 5.97 Å². The van der Waals surface area contributed by atoms with Crippen molar-refractivity contribution in [1.29, 1.82) is 0 Å². The van der Waals surface area contributed by atoms with Gasteiger partial charge in [-0.2, -0.15) is 4.99 Å². The van der Waals surface area contributed by atoms with E-state index in [-0.39, 0.29) is 12.5 Å². The van der Waals surface area contributed by atoms with Crippen LogP contribution in [-0.4, -0.2) is 45.9 Å². The molecular formula is C26H27NO6. The third-order valence-corrected chi connectivity index (χ3v) is 5.86. The number of fused-ring (bicyclic) bond motifs is 1. The van der Waals surface area contributed by atoms with Crippen molar-refractivity contribution in [2.45, 2.75) is 18.1 Å². The Bertz CT molecular complexity index is 1020. The number of hydrogen-bond acceptors (Lipinski definition) is 7. The van der Waals surface area contributed by atoms with Crippen LogP contribution in [0.15, 0.2) is 89.5 Å². The Morgan fingerprint density at radius 3 is 2.12 bits per heavy atom. The largest absolute Gasteiger partial charge is 0.497 e. The second kappa shape index (κ2) is 9.92. The van der Waals surface area contributed by atoms with E-state index in [1.807, 2.05) is 66.7 Å². The molecule has 0 spiro atoms. The van der Waals surface area contributed by atoms with E-state index in [1.165, 1.54) is 7.11 Å². The van der Waals surface area contributed by atoms with Gasteiger partial charge in [-0.1, -0.05) is 60.7 Å². The normalized spacial score (nSPS) is 20.9. The molecule has 1 saturated heterocycles. The molecule has 0 bridgehead atoms. The lowest BCUT2D eigenvalue weighted by molar-refractivity contribution is -0.165. The van der Waals surface area contributed by atoms with Gasteiger partial charge in [-0.15, -0.1) is 0 Å². The smallest absolute Gasteiger partial charge is 0.351 e. The standard InChI is InChI=1S/C26H27NO6/c1-29-21-15-14-18-17-32-25(28)23(33-24(18)27-22(16-21)30-2)26(31-3,19-10-6-4-7-11-19)20-12-8-5-9-13-20/h4-13,15-16,18,23H,14,17H2,1-3H3/t18?,23-/m1/s1. The highest BCUT2D eigenvalue weighted by molar-refractivity contribution is 5.88. The van der Waals surface area contributed by atoms with Crippen LogP contribution >= 0.6 is 0 Å². The monoisotopic (exact) mass is 449 g/mol. The number of aliphatic imine (C=N–C) groups is 1. The molecule has 4 rings (SSSR count). The van der Waals surface area contributed by atoms with Gasteiger partial charge in [0, 0.05) is 13.2 Å². The van der Waals surface area contributed by atoms with E-state index in [2.05, 4.69) is 4.99 Å². The quantitative estimate of drug-likeness (QED) is 0.622. The van der Waals surface area contributed by atoms with E-state index < -0.39 is 17.7 Å². The number of benzene rings is 2. The first-order valence-electron chi connectivity index (χ1n) is 10.7. The summed E-state index contributed by atoms with van der Waals surface area (Å²) < 4.78 is 29.0. The number of cyclic esters (lactones) is 1. The lowest BCUT2D eigenvalue weighted by atomic mass is 9.81. The average molecular weight is 450 g/mol. The molecule has 2 aliphatic heterocycles. The Hall–Kier alpha value is -3.58. The van der Waals surface area contributed by atoms with Crippen LogP contribution in [0.4, 0.5) is 0 Å². The van der Waals surface area contributed by atoms with E-state index in [1.54, 1.807) is 20.3 Å². The molecule has 2 aliphatic rings. The molecule has 0 radical (unpaired) electrons. The van der Waals surface area contributed by atoms with Crippen molar-refractivity contribution in [2.75, 3.05) is 27.9 Å². The molecule has 2 heterocycles. The summed E-state index contributed by atoms with van der Waals surface area (Å²) in [5, 5.41) is 0. The fraction of sp³-hybridized carbons (Fsp3) is 0.308. The summed E-state index contributed by atoms with van der Waals surface area (Å²) in [5.74, 6) is 0.431. The first kappa shape index (κ1) is 22.6. The molecule has 33 heavy (non-hydrogen) atoms. The van der Waals surface area contributed by atoms with Crippen molar-refractivity contribution in [3.8, 4) is 0 Å². The molecule has 0 amide bonds. The SMILES string of the molecule is COC1=CCC2COC(=O)[C@H](C(OC)(c3ccccc3)c3ccccc3)OC2=NC(OC)=C1. The minimum atomic E-state index is -1.26. The van der Waals surface area contributed by atoms with Crippen molar-refractivity contribution in [2.24, 2.45) is 10.9 Å². The Balaban J connectivity index is 1.86. The lowest BCUT2D eigenvalue weighted by Gasteiger charge is -2.38. The molecule has 2 aromatic carbocycles. The predicted molar refractivity (Wildman–Crippen MR) is 122 cm³/mol. The summed E-state index contributed by atoms with van der Waals surface area (Å²) in [6.45, 7) is 0.113. The van der Waals surface area contributed by atoms with Crippen LogP contribution in [0.3, 0.4) is 0 Å². The van der Waals surface area contributed by atoms with Gasteiger partial charge in [0.2, 0.25) is 12.0 Å². The number of nitrogens with zero attached hydrogens (tertiary/aromatic N) is 1. The first-order valence-corrected chi connectivity index (χ1v) is 10.7. The highest BCUT2D eigenvalue weighted by Gasteiger charge is 2.52. The minimum Gasteiger partial charge on any atom is -0.497 e. The fourth-order valence-electron chi connectivity index (χ4n) is 4.14. The third kappa shape index (κ3) is 4.36. The van der Waals surface area contributed by atoms with Gasteiger partial charge in [-0.3, -0.25) is 0 Å². The van der Waals surface area contributed by atoms with Gasteiger partial charge in [0.05, 0.1) is 20.1 Å². The summed E-state index contributed by atoms with van der Waals surface area (Å²) >= 11 is 0. The number of esters is 1. The summed E-state index contributed by atoms with van der Waals surface area (Å²) in [5.41, 5.74) is 0.258. The van der Waals surface area contributed by atoms with Crippen molar-refractivity contribution in [3.05, 3.63) is 95.6 Å². The number of hydrogen-bond donors (Lipinski definition) is 0. The van der Waals surface area contributed by atoms with Crippen molar-refractivity contribution < 1.29 is 28.5 Å². The van der Waals surface area contributed by atoms with Crippen LogP contribution in [-0.2, 0) is 34.1 Å². The van der Waals surface area contributed by atoms with Gasteiger partial charge in [-0.05, 0) is 23.6 Å². The zero-order valence-electron chi connectivity index (χ0n) is 18.9. The van der Waals surface area contributed by atoms with Gasteiger partial charge < -0.3 is 23.7 Å². The Morgan fingerprint density at radius 2 is 1.58 bits per heavy atom. The van der Waals surface area contributed by atoms with Crippen LogP contribution in [0.2, 0.25) is 0 Å². The van der Waals surface area contributed by atoms with Crippen LogP contribution in [0.1, 0.15) is 17.5 Å². The molecule has 7 heteroatoms. The first-order chi connectivity index (χ1) is 16.1. The molecule has 2 aromatic rings. The average Bonchev–Trinajstić information content (AvgIpc) is 3.00. The van der Waals surface area contributed by atoms with Gasteiger partial charge in [0.1, 0.15) is 12.4 Å². The zero-order valence-corrected chi connectivity index (χ0v) is 18.9. The van der Waals surface area contributed by atoms with Crippen LogP contribution in [0.5, 0.6) is 0 Å². The van der Waals surface area contributed by atoms with Crippen molar-refractivity contribution in [1.82, 2.24) is 0 Å². The maximum atomic E-state index is 13.4. The molecule has 7 nitrogen and oxygen atoms in total. The number of ether oxygens (including phenoxy) is 5. The minimum absolute atomic E-state index is 0.113. The topological polar surface area (TPSA) is 75.6 Å². The summed E-state index contributed by atoms with van der Waals surface area (Å²) in [6.07, 6.45) is 2.95. The summed E-state index contributed by atoms with van der Waals surface area (Å²) in [7, 11) is 4.66. The highest BCUT2D eigenvalue weighted by atomic mass is 16.6. The van der Waals surface area contributed by atoms with Gasteiger partial charge in [-0.25, -0.2) is 4.79 Å². The number of carbonyl (C=O) groups excluding carboxylic acids is 1. The summed E-state index contributed by atoms with van der Waals surface area (Å²) in [4.78, 5) is 18.0. The second-order valence-corrected chi connectivity index (χ2v) is 7.68. The van der Waals surface area contributed by atoms with Crippen molar-refractivity contribution >= 4 is 11.9 Å². The number of rotatable bonds is 6. The molecule has 1 fully saturated rings. The number of methoxy groups -OCH3 is 3. The van der Waals surface area contributed by atoms with Crippen LogP contribution in [0, 0.1) is 5.92 Å². The highest BCUT2D eigenvalue weighted by Crippen LogP contribution is 2.40. The lowest BCUT2D eigenvalue weighted by Crippen LogP contribution is -2.49. The summed E-state index contributed by atoms with van der Waals surface area (Å²) in [6, 6.07) is 19.0.